The first-order chi connectivity index (χ1) is 11.6. The molecule has 2 atom stereocenters. The van der Waals surface area contributed by atoms with Gasteiger partial charge in [-0.2, -0.15) is 0 Å². The summed E-state index contributed by atoms with van der Waals surface area (Å²) in [6.45, 7) is 8.49. The molecule has 0 unspecified atom stereocenters. The molecule has 1 N–H and O–H groups in total. The number of benzene rings is 1. The maximum atomic E-state index is 10.6. The SMILES string of the molecule is Cc1ccc(C)c([C@@H](O)CN2CCC(OC[C@@H]3CCCO3)CC2)c1. The van der Waals surface area contributed by atoms with Crippen LogP contribution in [0.2, 0.25) is 0 Å². The molecule has 2 aliphatic heterocycles. The Kier molecular flexibility index (Phi) is 6.28. The average molecular weight is 333 g/mol. The summed E-state index contributed by atoms with van der Waals surface area (Å²) in [5, 5.41) is 10.6. The summed E-state index contributed by atoms with van der Waals surface area (Å²) in [6.07, 6.45) is 4.66. The molecule has 2 heterocycles. The Morgan fingerprint density at radius 1 is 1.25 bits per heavy atom. The molecule has 1 aromatic rings. The zero-order valence-corrected chi connectivity index (χ0v) is 15.0. The van der Waals surface area contributed by atoms with Crippen LogP contribution in [-0.2, 0) is 9.47 Å². The molecule has 134 valence electrons. The predicted molar refractivity (Wildman–Crippen MR) is 95.3 cm³/mol. The van der Waals surface area contributed by atoms with Crippen LogP contribution < -0.4 is 0 Å². The molecule has 0 saturated carbocycles. The molecule has 2 aliphatic rings. The molecule has 0 aliphatic carbocycles. The largest absolute Gasteiger partial charge is 0.387 e. The lowest BCUT2D eigenvalue weighted by molar-refractivity contribution is -0.0453. The number of rotatable bonds is 6. The number of hydrogen-bond donors (Lipinski definition) is 1. The smallest absolute Gasteiger partial charge is 0.0919 e. The van der Waals surface area contributed by atoms with Crippen molar-refractivity contribution >= 4 is 0 Å². The van der Waals surface area contributed by atoms with Crippen LogP contribution in [0.25, 0.3) is 0 Å². The van der Waals surface area contributed by atoms with Gasteiger partial charge in [-0.15, -0.1) is 0 Å². The van der Waals surface area contributed by atoms with Gasteiger partial charge in [-0.3, -0.25) is 0 Å². The normalized spacial score (nSPS) is 24.4. The maximum absolute atomic E-state index is 10.6. The second-order valence-corrected chi connectivity index (χ2v) is 7.34. The molecular weight excluding hydrogens is 302 g/mol. The standard InChI is InChI=1S/C20H31NO3/c1-15-5-6-16(2)19(12-15)20(22)13-21-9-7-17(8-10-21)24-14-18-4-3-11-23-18/h5-6,12,17-18,20,22H,3-4,7-11,13-14H2,1-2H3/t18-,20-/m0/s1. The second kappa shape index (κ2) is 8.43. The van der Waals surface area contributed by atoms with Gasteiger partial charge in [-0.25, -0.2) is 0 Å². The Morgan fingerprint density at radius 3 is 2.75 bits per heavy atom. The van der Waals surface area contributed by atoms with E-state index in [9.17, 15) is 5.11 Å². The van der Waals surface area contributed by atoms with Crippen molar-refractivity contribution in [2.75, 3.05) is 32.8 Å². The zero-order valence-electron chi connectivity index (χ0n) is 15.0. The third kappa shape index (κ3) is 4.79. The molecule has 4 nitrogen and oxygen atoms in total. The summed E-state index contributed by atoms with van der Waals surface area (Å²) >= 11 is 0. The van der Waals surface area contributed by atoms with E-state index in [4.69, 9.17) is 9.47 Å². The molecule has 1 aromatic carbocycles. The molecule has 0 aromatic heterocycles. The maximum Gasteiger partial charge on any atom is 0.0919 e. The van der Waals surface area contributed by atoms with Crippen LogP contribution in [0.15, 0.2) is 18.2 Å². The van der Waals surface area contributed by atoms with Crippen molar-refractivity contribution < 1.29 is 14.6 Å². The third-order valence-corrected chi connectivity index (χ3v) is 5.30. The van der Waals surface area contributed by atoms with E-state index in [0.29, 0.717) is 18.8 Å². The third-order valence-electron chi connectivity index (χ3n) is 5.30. The predicted octanol–water partition coefficient (Wildman–Crippen LogP) is 3.00. The number of aliphatic hydroxyl groups excluding tert-OH is 1. The van der Waals surface area contributed by atoms with Crippen LogP contribution in [0, 0.1) is 13.8 Å². The highest BCUT2D eigenvalue weighted by atomic mass is 16.5. The summed E-state index contributed by atoms with van der Waals surface area (Å²) in [4.78, 5) is 2.36. The monoisotopic (exact) mass is 333 g/mol. The minimum absolute atomic E-state index is 0.314. The Morgan fingerprint density at radius 2 is 2.04 bits per heavy atom. The fraction of sp³-hybridized carbons (Fsp3) is 0.700. The molecule has 0 spiro atoms. The Labute approximate surface area is 145 Å². The van der Waals surface area contributed by atoms with Gasteiger partial charge < -0.3 is 19.5 Å². The van der Waals surface area contributed by atoms with Crippen molar-refractivity contribution in [1.29, 1.82) is 0 Å². The molecule has 2 fully saturated rings. The van der Waals surface area contributed by atoms with Gasteiger partial charge in [0.15, 0.2) is 0 Å². The first-order valence-corrected chi connectivity index (χ1v) is 9.32. The highest BCUT2D eigenvalue weighted by Crippen LogP contribution is 2.23. The number of likely N-dealkylation sites (tertiary alicyclic amines) is 1. The lowest BCUT2D eigenvalue weighted by atomic mass is 9.99. The van der Waals surface area contributed by atoms with Crippen LogP contribution in [0.1, 0.15) is 48.5 Å². The number of aliphatic hydroxyl groups is 1. The molecule has 0 bridgehead atoms. The zero-order chi connectivity index (χ0) is 16.9. The summed E-state index contributed by atoms with van der Waals surface area (Å²) in [5.41, 5.74) is 3.44. The summed E-state index contributed by atoms with van der Waals surface area (Å²) < 4.78 is 11.6. The lowest BCUT2D eigenvalue weighted by Gasteiger charge is -2.33. The van der Waals surface area contributed by atoms with Crippen LogP contribution in [0.4, 0.5) is 0 Å². The molecule has 4 heteroatoms. The van der Waals surface area contributed by atoms with Crippen LogP contribution in [0.5, 0.6) is 0 Å². The highest BCUT2D eigenvalue weighted by Gasteiger charge is 2.24. The van der Waals surface area contributed by atoms with E-state index in [0.717, 1.165) is 51.1 Å². The first-order valence-electron chi connectivity index (χ1n) is 9.32. The Balaban J connectivity index is 1.42. The summed E-state index contributed by atoms with van der Waals surface area (Å²) in [7, 11) is 0. The molecule has 3 rings (SSSR count). The fourth-order valence-corrected chi connectivity index (χ4v) is 3.74. The molecule has 0 radical (unpaired) electrons. The van der Waals surface area contributed by atoms with Crippen molar-refractivity contribution in [3.8, 4) is 0 Å². The lowest BCUT2D eigenvalue weighted by Crippen LogP contribution is -2.40. The topological polar surface area (TPSA) is 41.9 Å². The highest BCUT2D eigenvalue weighted by molar-refractivity contribution is 5.32. The molecule has 24 heavy (non-hydrogen) atoms. The van der Waals surface area contributed by atoms with Gasteiger partial charge in [0.05, 0.1) is 24.9 Å². The number of aryl methyl sites for hydroxylation is 2. The van der Waals surface area contributed by atoms with Crippen LogP contribution in [-0.4, -0.2) is 55.1 Å². The van der Waals surface area contributed by atoms with Crippen molar-refractivity contribution in [2.24, 2.45) is 0 Å². The van der Waals surface area contributed by atoms with Crippen molar-refractivity contribution in [1.82, 2.24) is 4.90 Å². The van der Waals surface area contributed by atoms with E-state index >= 15 is 0 Å². The van der Waals surface area contributed by atoms with E-state index in [-0.39, 0.29) is 0 Å². The summed E-state index contributed by atoms with van der Waals surface area (Å²) in [5.74, 6) is 0. The number of ether oxygens (including phenoxy) is 2. The Hall–Kier alpha value is -0.940. The number of nitrogens with zero attached hydrogens (tertiary/aromatic N) is 1. The van der Waals surface area contributed by atoms with Gasteiger partial charge in [-0.1, -0.05) is 23.8 Å². The van der Waals surface area contributed by atoms with Gasteiger partial charge >= 0.3 is 0 Å². The van der Waals surface area contributed by atoms with Gasteiger partial charge in [-0.05, 0) is 50.7 Å². The van der Waals surface area contributed by atoms with E-state index in [1.54, 1.807) is 0 Å². The molecule has 0 amide bonds. The van der Waals surface area contributed by atoms with Gasteiger partial charge in [0.2, 0.25) is 0 Å². The molecule has 2 saturated heterocycles. The van der Waals surface area contributed by atoms with E-state index in [1.165, 1.54) is 17.5 Å². The second-order valence-electron chi connectivity index (χ2n) is 7.34. The number of hydrogen-bond acceptors (Lipinski definition) is 4. The van der Waals surface area contributed by atoms with Gasteiger partial charge in [0, 0.05) is 26.2 Å². The summed E-state index contributed by atoms with van der Waals surface area (Å²) in [6, 6.07) is 6.30. The van der Waals surface area contributed by atoms with Crippen molar-refractivity contribution in [3.05, 3.63) is 34.9 Å². The molecular formula is C20H31NO3. The Bertz CT molecular complexity index is 520. The quantitative estimate of drug-likeness (QED) is 0.869. The van der Waals surface area contributed by atoms with E-state index in [1.807, 2.05) is 0 Å². The first kappa shape index (κ1) is 17.9. The van der Waals surface area contributed by atoms with Crippen LogP contribution >= 0.6 is 0 Å². The van der Waals surface area contributed by atoms with Gasteiger partial charge in [0.1, 0.15) is 0 Å². The van der Waals surface area contributed by atoms with Crippen molar-refractivity contribution in [2.45, 2.75) is 57.8 Å². The number of β-amino-alcohol motifs (C(OH)–C–C–N with tert-alkyl or cyclic N) is 1. The minimum atomic E-state index is -0.408. The average Bonchev–Trinajstić information content (AvgIpc) is 3.10. The fourth-order valence-electron chi connectivity index (χ4n) is 3.74. The van der Waals surface area contributed by atoms with E-state index < -0.39 is 6.10 Å². The van der Waals surface area contributed by atoms with Gasteiger partial charge in [0.25, 0.3) is 0 Å². The van der Waals surface area contributed by atoms with Crippen molar-refractivity contribution in [3.63, 3.8) is 0 Å². The number of piperidine rings is 1. The van der Waals surface area contributed by atoms with E-state index in [2.05, 4.69) is 36.9 Å². The minimum Gasteiger partial charge on any atom is -0.387 e. The van der Waals surface area contributed by atoms with Crippen LogP contribution in [0.3, 0.4) is 0 Å².